The lowest BCUT2D eigenvalue weighted by atomic mass is 9.89. The molecule has 0 aromatic carbocycles. The summed E-state index contributed by atoms with van der Waals surface area (Å²) in [7, 11) is 0. The van der Waals surface area contributed by atoms with E-state index in [0.29, 0.717) is 5.92 Å². The maximum atomic E-state index is 2.43. The first-order valence-electron chi connectivity index (χ1n) is 8.15. The number of hydrogen-bond acceptors (Lipinski definition) is 0. The van der Waals surface area contributed by atoms with Gasteiger partial charge in [-0.2, -0.15) is 0 Å². The van der Waals surface area contributed by atoms with Crippen molar-refractivity contribution in [1.82, 2.24) is 0 Å². The van der Waals surface area contributed by atoms with Crippen LogP contribution in [0.5, 0.6) is 0 Å². The molecule has 1 atom stereocenters. The van der Waals surface area contributed by atoms with E-state index in [1.807, 2.05) is 0 Å². The summed E-state index contributed by atoms with van der Waals surface area (Å²) in [5, 5.41) is 0. The zero-order valence-electron chi connectivity index (χ0n) is 14.1. The van der Waals surface area contributed by atoms with Crippen molar-refractivity contribution in [3.05, 3.63) is 47.1 Å². The van der Waals surface area contributed by atoms with Crippen molar-refractivity contribution in [3.63, 3.8) is 0 Å². The third kappa shape index (κ3) is 6.93. The molecule has 0 aliphatic heterocycles. The Bertz CT molecular complexity index is 402. The van der Waals surface area contributed by atoms with Crippen LogP contribution >= 0.6 is 0 Å². The number of rotatable bonds is 1. The molecule has 0 bridgehead atoms. The lowest BCUT2D eigenvalue weighted by Gasteiger charge is -2.16. The average molecular weight is 272 g/mol. The molecule has 0 spiro atoms. The van der Waals surface area contributed by atoms with Crippen molar-refractivity contribution in [1.29, 1.82) is 0 Å². The first-order valence-corrected chi connectivity index (χ1v) is 8.15. The quantitative estimate of drug-likeness (QED) is 0.471. The standard InChI is InChI=1S/C20H32/c1-16(2)20-11-7-10-18(4)13-12-17(3)8-6-9-19(5)14-15-20/h9-10,12,14-16,20H,6-8,11,13H2,1-5H3. The summed E-state index contributed by atoms with van der Waals surface area (Å²) in [6.45, 7) is 11.4. The summed E-state index contributed by atoms with van der Waals surface area (Å²) in [4.78, 5) is 0. The molecular formula is C20H32. The van der Waals surface area contributed by atoms with Crippen LogP contribution in [0.4, 0.5) is 0 Å². The topological polar surface area (TPSA) is 0 Å². The van der Waals surface area contributed by atoms with Crippen molar-refractivity contribution in [2.75, 3.05) is 0 Å². The molecule has 0 aromatic heterocycles. The molecule has 1 rings (SSSR count). The van der Waals surface area contributed by atoms with Gasteiger partial charge in [-0.25, -0.2) is 0 Å². The molecule has 1 aliphatic rings. The predicted molar refractivity (Wildman–Crippen MR) is 91.8 cm³/mol. The van der Waals surface area contributed by atoms with Crippen molar-refractivity contribution in [2.45, 2.75) is 66.7 Å². The van der Waals surface area contributed by atoms with Gasteiger partial charge in [0.1, 0.15) is 0 Å². The van der Waals surface area contributed by atoms with E-state index in [9.17, 15) is 0 Å². The third-order valence-electron chi connectivity index (χ3n) is 4.23. The molecule has 112 valence electrons. The fraction of sp³-hybridized carbons (Fsp3) is 0.600. The molecular weight excluding hydrogens is 240 g/mol. The second-order valence-electron chi connectivity index (χ2n) is 6.64. The van der Waals surface area contributed by atoms with E-state index in [1.165, 1.54) is 36.0 Å². The number of allylic oxidation sites excluding steroid dienone is 8. The molecule has 0 amide bonds. The van der Waals surface area contributed by atoms with Gasteiger partial charge in [-0.3, -0.25) is 0 Å². The Morgan fingerprint density at radius 3 is 2.40 bits per heavy atom. The highest BCUT2D eigenvalue weighted by molar-refractivity contribution is 5.18. The minimum absolute atomic E-state index is 0.697. The van der Waals surface area contributed by atoms with Crippen LogP contribution in [0.1, 0.15) is 66.7 Å². The molecule has 0 heteroatoms. The van der Waals surface area contributed by atoms with Crippen LogP contribution in [0.15, 0.2) is 47.1 Å². The second kappa shape index (κ2) is 9.00. The van der Waals surface area contributed by atoms with E-state index < -0.39 is 0 Å². The molecule has 0 heterocycles. The summed E-state index contributed by atoms with van der Waals surface area (Å²) < 4.78 is 0. The Morgan fingerprint density at radius 1 is 0.950 bits per heavy atom. The minimum atomic E-state index is 0.697. The zero-order chi connectivity index (χ0) is 15.0. The van der Waals surface area contributed by atoms with E-state index in [1.54, 1.807) is 0 Å². The van der Waals surface area contributed by atoms with Crippen LogP contribution in [-0.4, -0.2) is 0 Å². The summed E-state index contributed by atoms with van der Waals surface area (Å²) >= 11 is 0. The average Bonchev–Trinajstić information content (AvgIpc) is 2.39. The highest BCUT2D eigenvalue weighted by Crippen LogP contribution is 2.21. The first kappa shape index (κ1) is 17.0. The summed E-state index contributed by atoms with van der Waals surface area (Å²) in [6, 6.07) is 0. The molecule has 0 N–H and O–H groups in total. The van der Waals surface area contributed by atoms with Crippen molar-refractivity contribution < 1.29 is 0 Å². The Balaban J connectivity index is 2.83. The van der Waals surface area contributed by atoms with Gasteiger partial charge in [-0.1, -0.05) is 60.9 Å². The molecule has 0 aromatic rings. The van der Waals surface area contributed by atoms with E-state index in [2.05, 4.69) is 65.0 Å². The molecule has 0 saturated carbocycles. The predicted octanol–water partition coefficient (Wildman–Crippen LogP) is 6.62. The Hall–Kier alpha value is -1.04. The molecule has 0 nitrogen and oxygen atoms in total. The van der Waals surface area contributed by atoms with Gasteiger partial charge in [-0.15, -0.1) is 0 Å². The monoisotopic (exact) mass is 272 g/mol. The van der Waals surface area contributed by atoms with Crippen LogP contribution in [0.2, 0.25) is 0 Å². The molecule has 20 heavy (non-hydrogen) atoms. The second-order valence-corrected chi connectivity index (χ2v) is 6.64. The van der Waals surface area contributed by atoms with Gasteiger partial charge in [0, 0.05) is 0 Å². The van der Waals surface area contributed by atoms with E-state index in [-0.39, 0.29) is 0 Å². The van der Waals surface area contributed by atoms with Gasteiger partial charge in [0.25, 0.3) is 0 Å². The van der Waals surface area contributed by atoms with Gasteiger partial charge >= 0.3 is 0 Å². The van der Waals surface area contributed by atoms with Crippen LogP contribution in [-0.2, 0) is 0 Å². The van der Waals surface area contributed by atoms with Crippen LogP contribution in [0, 0.1) is 11.8 Å². The van der Waals surface area contributed by atoms with E-state index >= 15 is 0 Å². The van der Waals surface area contributed by atoms with Crippen LogP contribution in [0.25, 0.3) is 0 Å². The first-order chi connectivity index (χ1) is 9.49. The lowest BCUT2D eigenvalue weighted by Crippen LogP contribution is -2.05. The Kier molecular flexibility index (Phi) is 7.65. The van der Waals surface area contributed by atoms with Crippen molar-refractivity contribution >= 4 is 0 Å². The molecule has 0 saturated heterocycles. The summed E-state index contributed by atoms with van der Waals surface area (Å²) in [5.74, 6) is 1.42. The van der Waals surface area contributed by atoms with E-state index in [0.717, 1.165) is 18.8 Å². The van der Waals surface area contributed by atoms with Crippen molar-refractivity contribution in [2.24, 2.45) is 11.8 Å². The fourth-order valence-electron chi connectivity index (χ4n) is 2.57. The molecule has 1 unspecified atom stereocenters. The van der Waals surface area contributed by atoms with Crippen molar-refractivity contribution in [3.8, 4) is 0 Å². The van der Waals surface area contributed by atoms with Gasteiger partial charge in [0.2, 0.25) is 0 Å². The Morgan fingerprint density at radius 2 is 1.70 bits per heavy atom. The SMILES string of the molecule is CC1=CCCC(C)=CCC(C)=CCCC(C(C)C)C=C1. The minimum Gasteiger partial charge on any atom is -0.0853 e. The fourth-order valence-corrected chi connectivity index (χ4v) is 2.57. The largest absolute Gasteiger partial charge is 0.0853 e. The molecule has 0 fully saturated rings. The Labute approximate surface area is 126 Å². The normalized spacial score (nSPS) is 22.9. The third-order valence-corrected chi connectivity index (χ3v) is 4.23. The van der Waals surface area contributed by atoms with Gasteiger partial charge in [-0.05, 0) is 64.7 Å². The zero-order valence-corrected chi connectivity index (χ0v) is 14.1. The maximum absolute atomic E-state index is 2.43. The smallest absolute Gasteiger partial charge is 0.0139 e. The highest BCUT2D eigenvalue weighted by Gasteiger charge is 2.08. The van der Waals surface area contributed by atoms with Crippen LogP contribution < -0.4 is 0 Å². The number of hydrogen-bond donors (Lipinski definition) is 0. The lowest BCUT2D eigenvalue weighted by molar-refractivity contribution is 0.439. The van der Waals surface area contributed by atoms with E-state index in [4.69, 9.17) is 0 Å². The summed E-state index contributed by atoms with van der Waals surface area (Å²) in [6.07, 6.45) is 17.9. The van der Waals surface area contributed by atoms with Gasteiger partial charge in [0.05, 0.1) is 0 Å². The summed E-state index contributed by atoms with van der Waals surface area (Å²) in [5.41, 5.74) is 4.44. The molecule has 1 aliphatic carbocycles. The highest BCUT2D eigenvalue weighted by atomic mass is 14.1. The maximum Gasteiger partial charge on any atom is -0.0139 e. The molecule has 0 radical (unpaired) electrons. The van der Waals surface area contributed by atoms with Crippen LogP contribution in [0.3, 0.4) is 0 Å². The van der Waals surface area contributed by atoms with Gasteiger partial charge < -0.3 is 0 Å². The van der Waals surface area contributed by atoms with Gasteiger partial charge in [0.15, 0.2) is 0 Å².